The van der Waals surface area contributed by atoms with Crippen molar-refractivity contribution in [3.8, 4) is 17.3 Å². The summed E-state index contributed by atoms with van der Waals surface area (Å²) >= 11 is 0. The third kappa shape index (κ3) is 1.82. The van der Waals surface area contributed by atoms with Crippen LogP contribution in [0.5, 0.6) is 5.75 Å². The highest BCUT2D eigenvalue weighted by Crippen LogP contribution is 2.23. The molecule has 2 N–H and O–H groups in total. The van der Waals surface area contributed by atoms with Crippen molar-refractivity contribution < 1.29 is 14.4 Å². The number of aromatic nitrogens is 3. The van der Waals surface area contributed by atoms with Crippen molar-refractivity contribution >= 4 is 11.0 Å². The molecule has 3 rings (SSSR count). The maximum absolute atomic E-state index is 9.39. The standard InChI is InChI=1S/C12H11N3O3/c1-17-6-8-5-11(15-18-8)12-13-9-3-2-7(16)4-10(9)14-12/h2-5,16H,6H2,1H3,(H,13,14). The summed E-state index contributed by atoms with van der Waals surface area (Å²) in [7, 11) is 1.59. The Hall–Kier alpha value is -2.34. The molecule has 0 atom stereocenters. The number of fused-ring (bicyclic) bond motifs is 1. The molecule has 0 bridgehead atoms. The van der Waals surface area contributed by atoms with Crippen LogP contribution in [0.25, 0.3) is 22.6 Å². The van der Waals surface area contributed by atoms with E-state index in [-0.39, 0.29) is 5.75 Å². The second kappa shape index (κ2) is 4.15. The van der Waals surface area contributed by atoms with Gasteiger partial charge in [-0.1, -0.05) is 5.16 Å². The van der Waals surface area contributed by atoms with Crippen LogP contribution < -0.4 is 0 Å². The van der Waals surface area contributed by atoms with Gasteiger partial charge in [0.2, 0.25) is 0 Å². The molecule has 18 heavy (non-hydrogen) atoms. The van der Waals surface area contributed by atoms with Gasteiger partial charge >= 0.3 is 0 Å². The van der Waals surface area contributed by atoms with Gasteiger partial charge in [-0.2, -0.15) is 0 Å². The average molecular weight is 245 g/mol. The van der Waals surface area contributed by atoms with Gasteiger partial charge in [0.15, 0.2) is 11.6 Å². The predicted molar refractivity (Wildman–Crippen MR) is 64.0 cm³/mol. The third-order valence-electron chi connectivity index (χ3n) is 2.55. The Morgan fingerprint density at radius 1 is 1.39 bits per heavy atom. The molecule has 0 amide bonds. The molecule has 0 aliphatic carbocycles. The molecule has 2 heterocycles. The number of nitrogens with zero attached hydrogens (tertiary/aromatic N) is 2. The second-order valence-electron chi connectivity index (χ2n) is 3.90. The molecule has 0 radical (unpaired) electrons. The summed E-state index contributed by atoms with van der Waals surface area (Å²) in [6.45, 7) is 0.369. The molecular formula is C12H11N3O3. The largest absolute Gasteiger partial charge is 0.508 e. The van der Waals surface area contributed by atoms with E-state index in [0.29, 0.717) is 23.9 Å². The number of H-pyrrole nitrogens is 1. The Balaban J connectivity index is 2.02. The predicted octanol–water partition coefficient (Wildman–Crippen LogP) is 2.07. The molecule has 0 aliphatic heterocycles. The summed E-state index contributed by atoms with van der Waals surface area (Å²) in [6, 6.07) is 6.70. The second-order valence-corrected chi connectivity index (χ2v) is 3.90. The van der Waals surface area contributed by atoms with Crippen molar-refractivity contribution in [3.05, 3.63) is 30.0 Å². The number of phenolic OH excluding ortho intramolecular Hbond substituents is 1. The van der Waals surface area contributed by atoms with Gasteiger partial charge in [0, 0.05) is 19.2 Å². The lowest BCUT2D eigenvalue weighted by Gasteiger charge is -1.88. The lowest BCUT2D eigenvalue weighted by atomic mass is 10.3. The Kier molecular flexibility index (Phi) is 2.49. The zero-order valence-electron chi connectivity index (χ0n) is 9.67. The molecule has 0 aliphatic rings. The van der Waals surface area contributed by atoms with Crippen molar-refractivity contribution in [2.45, 2.75) is 6.61 Å². The number of phenols is 1. The molecular weight excluding hydrogens is 234 g/mol. The van der Waals surface area contributed by atoms with Crippen molar-refractivity contribution in [2.75, 3.05) is 7.11 Å². The topological polar surface area (TPSA) is 84.2 Å². The van der Waals surface area contributed by atoms with Crippen molar-refractivity contribution in [1.29, 1.82) is 0 Å². The first-order chi connectivity index (χ1) is 8.76. The highest BCUT2D eigenvalue weighted by molar-refractivity contribution is 5.80. The minimum Gasteiger partial charge on any atom is -0.508 e. The number of rotatable bonds is 3. The van der Waals surface area contributed by atoms with E-state index in [1.807, 2.05) is 0 Å². The van der Waals surface area contributed by atoms with Gasteiger partial charge in [0.1, 0.15) is 18.1 Å². The van der Waals surface area contributed by atoms with Crippen LogP contribution in [-0.2, 0) is 11.3 Å². The number of nitrogens with one attached hydrogen (secondary N) is 1. The van der Waals surface area contributed by atoms with Crippen LogP contribution in [0.4, 0.5) is 0 Å². The molecule has 3 aromatic rings. The zero-order chi connectivity index (χ0) is 12.5. The van der Waals surface area contributed by atoms with Gasteiger partial charge in [-0.15, -0.1) is 0 Å². The Morgan fingerprint density at radius 2 is 2.28 bits per heavy atom. The number of aromatic amines is 1. The number of hydrogen-bond acceptors (Lipinski definition) is 5. The Labute approximate surface area is 102 Å². The van der Waals surface area contributed by atoms with E-state index in [0.717, 1.165) is 11.0 Å². The van der Waals surface area contributed by atoms with Crippen molar-refractivity contribution in [1.82, 2.24) is 15.1 Å². The summed E-state index contributed by atoms with van der Waals surface area (Å²) < 4.78 is 10.0. The highest BCUT2D eigenvalue weighted by Gasteiger charge is 2.11. The fourth-order valence-corrected chi connectivity index (χ4v) is 1.75. The molecule has 0 spiro atoms. The Morgan fingerprint density at radius 3 is 3.11 bits per heavy atom. The molecule has 92 valence electrons. The maximum Gasteiger partial charge on any atom is 0.163 e. The number of ether oxygens (including phenoxy) is 1. The number of imidazole rings is 1. The lowest BCUT2D eigenvalue weighted by Crippen LogP contribution is -1.82. The van der Waals surface area contributed by atoms with Gasteiger partial charge in [-0.3, -0.25) is 0 Å². The summed E-state index contributed by atoms with van der Waals surface area (Å²) in [5, 5.41) is 13.3. The van der Waals surface area contributed by atoms with Gasteiger partial charge in [0.05, 0.1) is 11.0 Å². The zero-order valence-corrected chi connectivity index (χ0v) is 9.67. The quantitative estimate of drug-likeness (QED) is 0.737. The molecule has 6 heteroatoms. The van der Waals surface area contributed by atoms with Crippen LogP contribution in [-0.4, -0.2) is 27.3 Å². The normalized spacial score (nSPS) is 11.2. The highest BCUT2D eigenvalue weighted by atomic mass is 16.5. The fraction of sp³-hybridized carbons (Fsp3) is 0.167. The third-order valence-corrected chi connectivity index (χ3v) is 2.55. The monoisotopic (exact) mass is 245 g/mol. The smallest absolute Gasteiger partial charge is 0.163 e. The van der Waals surface area contributed by atoms with Crippen LogP contribution in [0.15, 0.2) is 28.8 Å². The first-order valence-corrected chi connectivity index (χ1v) is 5.40. The van der Waals surface area contributed by atoms with Gasteiger partial charge < -0.3 is 19.4 Å². The molecule has 0 saturated heterocycles. The van der Waals surface area contributed by atoms with E-state index in [1.54, 1.807) is 31.4 Å². The van der Waals surface area contributed by atoms with Gasteiger partial charge in [-0.05, 0) is 12.1 Å². The van der Waals surface area contributed by atoms with Crippen LogP contribution >= 0.6 is 0 Å². The van der Waals surface area contributed by atoms with Gasteiger partial charge in [-0.25, -0.2) is 4.98 Å². The van der Waals surface area contributed by atoms with Crippen LogP contribution in [0.2, 0.25) is 0 Å². The molecule has 0 saturated carbocycles. The lowest BCUT2D eigenvalue weighted by molar-refractivity contribution is 0.156. The minimum absolute atomic E-state index is 0.193. The van der Waals surface area contributed by atoms with E-state index < -0.39 is 0 Å². The van der Waals surface area contributed by atoms with Crippen LogP contribution in [0, 0.1) is 0 Å². The summed E-state index contributed by atoms with van der Waals surface area (Å²) in [5.74, 6) is 1.43. The van der Waals surface area contributed by atoms with E-state index >= 15 is 0 Å². The first-order valence-electron chi connectivity index (χ1n) is 5.40. The summed E-state index contributed by atoms with van der Waals surface area (Å²) in [5.41, 5.74) is 2.12. The number of benzene rings is 1. The van der Waals surface area contributed by atoms with Crippen molar-refractivity contribution in [2.24, 2.45) is 0 Å². The van der Waals surface area contributed by atoms with Gasteiger partial charge in [0.25, 0.3) is 0 Å². The van der Waals surface area contributed by atoms with E-state index in [2.05, 4.69) is 15.1 Å². The van der Waals surface area contributed by atoms with Crippen molar-refractivity contribution in [3.63, 3.8) is 0 Å². The van der Waals surface area contributed by atoms with E-state index in [4.69, 9.17) is 9.26 Å². The van der Waals surface area contributed by atoms with E-state index in [1.165, 1.54) is 0 Å². The first kappa shape index (κ1) is 10.8. The van der Waals surface area contributed by atoms with Crippen LogP contribution in [0.3, 0.4) is 0 Å². The molecule has 6 nitrogen and oxygen atoms in total. The summed E-state index contributed by atoms with van der Waals surface area (Å²) in [6.07, 6.45) is 0. The Bertz CT molecular complexity index is 687. The maximum atomic E-state index is 9.39. The van der Waals surface area contributed by atoms with E-state index in [9.17, 15) is 5.11 Å². The number of methoxy groups -OCH3 is 1. The van der Waals surface area contributed by atoms with Crippen LogP contribution in [0.1, 0.15) is 5.76 Å². The fourth-order valence-electron chi connectivity index (χ4n) is 1.75. The number of hydrogen-bond donors (Lipinski definition) is 2. The SMILES string of the molecule is COCc1cc(-c2nc3ccc(O)cc3[nH]2)no1. The molecule has 0 fully saturated rings. The average Bonchev–Trinajstić information content (AvgIpc) is 2.94. The minimum atomic E-state index is 0.193. The molecule has 1 aromatic carbocycles. The number of aromatic hydroxyl groups is 1. The summed E-state index contributed by atoms with van der Waals surface area (Å²) in [4.78, 5) is 7.44. The molecule has 0 unspecified atom stereocenters. The molecule has 2 aromatic heterocycles.